The standard InChI is InChI=1S/C21H24N2/c1-16-9-10-21-18(14-16)19-15-23(12-5-8-20(19)22-21)13-11-17-6-3-2-4-7-17/h2-4,6-7,9-10,14,22H,5,8,11-13,15H2,1H3. The lowest BCUT2D eigenvalue weighted by molar-refractivity contribution is 0.274. The van der Waals surface area contributed by atoms with Crippen LogP contribution < -0.4 is 0 Å². The molecule has 23 heavy (non-hydrogen) atoms. The summed E-state index contributed by atoms with van der Waals surface area (Å²) in [6.45, 7) is 5.60. The lowest BCUT2D eigenvalue weighted by Gasteiger charge is -2.20. The van der Waals surface area contributed by atoms with Gasteiger partial charge >= 0.3 is 0 Å². The summed E-state index contributed by atoms with van der Waals surface area (Å²) < 4.78 is 0. The second kappa shape index (κ2) is 6.21. The molecule has 0 aliphatic carbocycles. The molecule has 1 aliphatic rings. The molecule has 0 radical (unpaired) electrons. The van der Waals surface area contributed by atoms with Gasteiger partial charge in [-0.05, 0) is 56.0 Å². The van der Waals surface area contributed by atoms with E-state index in [-0.39, 0.29) is 0 Å². The molecule has 2 heterocycles. The van der Waals surface area contributed by atoms with E-state index < -0.39 is 0 Å². The van der Waals surface area contributed by atoms with Gasteiger partial charge in [-0.15, -0.1) is 0 Å². The Morgan fingerprint density at radius 2 is 1.96 bits per heavy atom. The van der Waals surface area contributed by atoms with E-state index in [2.05, 4.69) is 65.3 Å². The topological polar surface area (TPSA) is 19.0 Å². The molecule has 0 saturated heterocycles. The molecule has 0 fully saturated rings. The molecule has 0 bridgehead atoms. The van der Waals surface area contributed by atoms with Gasteiger partial charge in [0.2, 0.25) is 0 Å². The minimum absolute atomic E-state index is 1.08. The minimum Gasteiger partial charge on any atom is -0.358 e. The highest BCUT2D eigenvalue weighted by Gasteiger charge is 2.18. The summed E-state index contributed by atoms with van der Waals surface area (Å²) in [6, 6.07) is 17.6. The van der Waals surface area contributed by atoms with E-state index in [0.29, 0.717) is 0 Å². The van der Waals surface area contributed by atoms with Crippen molar-refractivity contribution in [1.82, 2.24) is 9.88 Å². The van der Waals surface area contributed by atoms with Crippen molar-refractivity contribution in [2.24, 2.45) is 0 Å². The Kier molecular flexibility index (Phi) is 3.92. The SMILES string of the molecule is Cc1ccc2[nH]c3c(c2c1)CN(CCc1ccccc1)CCC3. The maximum absolute atomic E-state index is 3.65. The van der Waals surface area contributed by atoms with Gasteiger partial charge in [0.05, 0.1) is 0 Å². The number of fused-ring (bicyclic) bond motifs is 3. The number of rotatable bonds is 3. The third-order valence-electron chi connectivity index (χ3n) is 4.99. The first kappa shape index (κ1) is 14.5. The summed E-state index contributed by atoms with van der Waals surface area (Å²) in [4.78, 5) is 6.27. The first-order valence-electron chi connectivity index (χ1n) is 8.66. The van der Waals surface area contributed by atoms with Crippen molar-refractivity contribution in [3.8, 4) is 0 Å². The molecule has 2 heteroatoms. The number of hydrogen-bond acceptors (Lipinski definition) is 1. The summed E-state index contributed by atoms with van der Waals surface area (Å²) in [5.74, 6) is 0. The number of aromatic amines is 1. The Morgan fingerprint density at radius 1 is 1.09 bits per heavy atom. The van der Waals surface area contributed by atoms with E-state index in [9.17, 15) is 0 Å². The molecule has 118 valence electrons. The number of benzene rings is 2. The first-order chi connectivity index (χ1) is 11.3. The van der Waals surface area contributed by atoms with Crippen LogP contribution in [0.15, 0.2) is 48.5 Å². The van der Waals surface area contributed by atoms with Crippen molar-refractivity contribution < 1.29 is 0 Å². The quantitative estimate of drug-likeness (QED) is 0.756. The Morgan fingerprint density at radius 3 is 2.83 bits per heavy atom. The number of aryl methyl sites for hydroxylation is 2. The highest BCUT2D eigenvalue weighted by Crippen LogP contribution is 2.28. The molecule has 4 rings (SSSR count). The van der Waals surface area contributed by atoms with Crippen LogP contribution in [0.2, 0.25) is 0 Å². The molecule has 0 saturated carbocycles. The van der Waals surface area contributed by atoms with Gasteiger partial charge in [0.25, 0.3) is 0 Å². The maximum Gasteiger partial charge on any atom is 0.0459 e. The normalized spacial score (nSPS) is 15.5. The first-order valence-corrected chi connectivity index (χ1v) is 8.66. The second-order valence-corrected chi connectivity index (χ2v) is 6.75. The molecule has 2 nitrogen and oxygen atoms in total. The molecule has 0 atom stereocenters. The van der Waals surface area contributed by atoms with Gasteiger partial charge in [-0.25, -0.2) is 0 Å². The van der Waals surface area contributed by atoms with E-state index in [1.54, 1.807) is 0 Å². The lowest BCUT2D eigenvalue weighted by Crippen LogP contribution is -2.25. The molecular formula is C21H24N2. The van der Waals surface area contributed by atoms with E-state index in [1.807, 2.05) is 0 Å². The molecule has 0 amide bonds. The predicted octanol–water partition coefficient (Wildman–Crippen LogP) is 4.47. The predicted molar refractivity (Wildman–Crippen MR) is 96.8 cm³/mol. The Hall–Kier alpha value is -2.06. The molecule has 1 N–H and O–H groups in total. The van der Waals surface area contributed by atoms with Gasteiger partial charge in [-0.3, -0.25) is 4.90 Å². The van der Waals surface area contributed by atoms with Crippen LogP contribution >= 0.6 is 0 Å². The highest BCUT2D eigenvalue weighted by molar-refractivity contribution is 5.85. The van der Waals surface area contributed by atoms with Crippen LogP contribution in [0.5, 0.6) is 0 Å². The summed E-state index contributed by atoms with van der Waals surface area (Å²) in [5, 5.41) is 1.42. The number of H-pyrrole nitrogens is 1. The van der Waals surface area contributed by atoms with E-state index >= 15 is 0 Å². The van der Waals surface area contributed by atoms with Crippen molar-refractivity contribution in [2.45, 2.75) is 32.7 Å². The largest absolute Gasteiger partial charge is 0.358 e. The fourth-order valence-corrected chi connectivity index (χ4v) is 3.72. The van der Waals surface area contributed by atoms with Crippen LogP contribution in [0.25, 0.3) is 10.9 Å². The van der Waals surface area contributed by atoms with Crippen molar-refractivity contribution >= 4 is 10.9 Å². The van der Waals surface area contributed by atoms with Gasteiger partial charge in [-0.2, -0.15) is 0 Å². The van der Waals surface area contributed by atoms with Crippen LogP contribution in [0, 0.1) is 6.92 Å². The monoisotopic (exact) mass is 304 g/mol. The van der Waals surface area contributed by atoms with Gasteiger partial charge in [0, 0.05) is 29.7 Å². The Bertz CT molecular complexity index is 801. The number of hydrogen-bond donors (Lipinski definition) is 1. The molecule has 0 spiro atoms. The average molecular weight is 304 g/mol. The smallest absolute Gasteiger partial charge is 0.0459 e. The summed E-state index contributed by atoms with van der Waals surface area (Å²) >= 11 is 0. The van der Waals surface area contributed by atoms with Crippen molar-refractivity contribution in [2.75, 3.05) is 13.1 Å². The third-order valence-corrected chi connectivity index (χ3v) is 4.99. The zero-order valence-corrected chi connectivity index (χ0v) is 13.8. The van der Waals surface area contributed by atoms with E-state index in [4.69, 9.17) is 0 Å². The second-order valence-electron chi connectivity index (χ2n) is 6.75. The van der Waals surface area contributed by atoms with Crippen molar-refractivity contribution in [1.29, 1.82) is 0 Å². The zero-order chi connectivity index (χ0) is 15.6. The van der Waals surface area contributed by atoms with Crippen molar-refractivity contribution in [3.05, 3.63) is 70.9 Å². The minimum atomic E-state index is 1.08. The van der Waals surface area contributed by atoms with Gasteiger partial charge < -0.3 is 4.98 Å². The lowest BCUT2D eigenvalue weighted by atomic mass is 10.1. The number of nitrogens with one attached hydrogen (secondary N) is 1. The highest BCUT2D eigenvalue weighted by atomic mass is 15.1. The molecule has 1 aliphatic heterocycles. The average Bonchev–Trinajstić information content (AvgIpc) is 2.77. The molecule has 1 aromatic heterocycles. The van der Waals surface area contributed by atoms with Crippen LogP contribution in [0.1, 0.15) is 28.8 Å². The van der Waals surface area contributed by atoms with E-state index in [0.717, 1.165) is 19.5 Å². The van der Waals surface area contributed by atoms with Crippen LogP contribution in [0.3, 0.4) is 0 Å². The summed E-state index contributed by atoms with van der Waals surface area (Å²) in [7, 11) is 0. The van der Waals surface area contributed by atoms with Crippen LogP contribution in [-0.4, -0.2) is 23.0 Å². The van der Waals surface area contributed by atoms with E-state index in [1.165, 1.54) is 52.7 Å². The molecule has 0 unspecified atom stereocenters. The zero-order valence-electron chi connectivity index (χ0n) is 13.8. The van der Waals surface area contributed by atoms with Gasteiger partial charge in [0.1, 0.15) is 0 Å². The fraction of sp³-hybridized carbons (Fsp3) is 0.333. The fourth-order valence-electron chi connectivity index (χ4n) is 3.72. The van der Waals surface area contributed by atoms with Gasteiger partial charge in [-0.1, -0.05) is 42.0 Å². The molecular weight excluding hydrogens is 280 g/mol. The molecule has 3 aromatic rings. The third kappa shape index (κ3) is 3.04. The summed E-state index contributed by atoms with van der Waals surface area (Å²) in [5.41, 5.74) is 7.05. The molecule has 2 aromatic carbocycles. The Balaban J connectivity index is 1.56. The number of aromatic nitrogens is 1. The number of nitrogens with zero attached hydrogens (tertiary/aromatic N) is 1. The van der Waals surface area contributed by atoms with Gasteiger partial charge in [0.15, 0.2) is 0 Å². The van der Waals surface area contributed by atoms with Crippen molar-refractivity contribution in [3.63, 3.8) is 0 Å². The Labute approximate surface area is 138 Å². The maximum atomic E-state index is 3.65. The summed E-state index contributed by atoms with van der Waals surface area (Å²) in [6.07, 6.45) is 3.55. The van der Waals surface area contributed by atoms with Crippen LogP contribution in [0.4, 0.5) is 0 Å². The van der Waals surface area contributed by atoms with Crippen LogP contribution in [-0.2, 0) is 19.4 Å².